The molecule has 3 rings (SSSR count). The first-order valence-corrected chi connectivity index (χ1v) is 8.34. The zero-order valence-electron chi connectivity index (χ0n) is 13.1. The second kappa shape index (κ2) is 7.17. The maximum atomic E-state index is 13.1. The molecule has 132 valence electrons. The Morgan fingerprint density at radius 2 is 1.52 bits per heavy atom. The molecule has 2 nitrogen and oxygen atoms in total. The van der Waals surface area contributed by atoms with Crippen LogP contribution in [-0.2, 0) is 4.74 Å². The predicted molar refractivity (Wildman–Crippen MR) is 86.5 cm³/mol. The number of ketones is 1. The summed E-state index contributed by atoms with van der Waals surface area (Å²) in [4.78, 5) is 13.4. The predicted octanol–water partition coefficient (Wildman–Crippen LogP) is 5.61. The summed E-state index contributed by atoms with van der Waals surface area (Å²) in [5.74, 6) is -0.200. The van der Waals surface area contributed by atoms with E-state index in [9.17, 15) is 22.4 Å². The molecule has 0 saturated carbocycles. The molecule has 25 heavy (non-hydrogen) atoms. The number of alkyl halides is 4. The Kier molecular flexibility index (Phi) is 5.15. The molecule has 1 aliphatic heterocycles. The number of hydrogen-bond donors (Lipinski definition) is 0. The number of ether oxygens (including phenoxy) is 1. The van der Waals surface area contributed by atoms with Crippen molar-refractivity contribution in [1.82, 2.24) is 0 Å². The number of thioether (sulfide) groups is 1. The fourth-order valence-corrected chi connectivity index (χ4v) is 4.22. The normalized spacial score (nSPS) is 18.0. The Labute approximate surface area is 146 Å². The molecule has 0 spiro atoms. The quantitative estimate of drug-likeness (QED) is 0.640. The van der Waals surface area contributed by atoms with E-state index >= 15 is 0 Å². The molecule has 1 aliphatic rings. The molecular formula is C18H14F4O2S. The number of rotatable bonds is 5. The van der Waals surface area contributed by atoms with Gasteiger partial charge in [0.1, 0.15) is 11.4 Å². The van der Waals surface area contributed by atoms with Gasteiger partial charge in [-0.3, -0.25) is 4.79 Å². The lowest BCUT2D eigenvalue weighted by molar-refractivity contribution is 0.0764. The Morgan fingerprint density at radius 3 is 2.04 bits per heavy atom. The number of carbonyl (C=O) groups is 1. The van der Waals surface area contributed by atoms with Crippen molar-refractivity contribution in [3.8, 4) is 0 Å². The largest absolute Gasteiger partial charge is 0.375 e. The van der Waals surface area contributed by atoms with Crippen LogP contribution in [0.15, 0.2) is 47.4 Å². The highest BCUT2D eigenvalue weighted by Crippen LogP contribution is 2.44. The van der Waals surface area contributed by atoms with E-state index in [0.29, 0.717) is 5.56 Å². The second-order valence-electron chi connectivity index (χ2n) is 5.59. The number of carbonyl (C=O) groups excluding carboxylic acids is 1. The molecule has 2 aromatic carbocycles. The maximum Gasteiger partial charge on any atom is 0.263 e. The third-order valence-corrected chi connectivity index (χ3v) is 5.35. The highest BCUT2D eigenvalue weighted by Gasteiger charge is 2.38. The minimum absolute atomic E-state index is 0.147. The maximum absolute atomic E-state index is 13.1. The van der Waals surface area contributed by atoms with E-state index in [2.05, 4.69) is 0 Å². The average Bonchev–Trinajstić information content (AvgIpc) is 2.92. The third kappa shape index (κ3) is 3.43. The number of Topliss-reactive ketones (excluding diaryl/α,β-unsaturated/α-hetero) is 1. The molecule has 0 fully saturated rings. The van der Waals surface area contributed by atoms with Gasteiger partial charge in [-0.25, -0.2) is 17.6 Å². The minimum Gasteiger partial charge on any atom is -0.375 e. The van der Waals surface area contributed by atoms with Crippen molar-refractivity contribution in [3.05, 3.63) is 64.7 Å². The van der Waals surface area contributed by atoms with Gasteiger partial charge in [0, 0.05) is 28.7 Å². The molecule has 0 aliphatic carbocycles. The van der Waals surface area contributed by atoms with Gasteiger partial charge in [-0.2, -0.15) is 0 Å². The van der Waals surface area contributed by atoms with Crippen molar-refractivity contribution in [2.24, 2.45) is 0 Å². The summed E-state index contributed by atoms with van der Waals surface area (Å²) >= 11 is 1.25. The van der Waals surface area contributed by atoms with E-state index in [0.717, 1.165) is 23.1 Å². The van der Waals surface area contributed by atoms with Gasteiger partial charge in [0.05, 0.1) is 0 Å². The van der Waals surface area contributed by atoms with Crippen LogP contribution in [-0.4, -0.2) is 18.1 Å². The van der Waals surface area contributed by atoms with Crippen LogP contribution >= 0.6 is 11.8 Å². The summed E-state index contributed by atoms with van der Waals surface area (Å²) in [6.45, 7) is 0. The number of hydrogen-bond acceptors (Lipinski definition) is 3. The Bertz CT molecular complexity index is 768. The SMILES string of the molecule is COC(c1cc(C(F)F)cc(C(F)F)c1)C1Sc2ccccc2C1=O. The van der Waals surface area contributed by atoms with Crippen LogP contribution < -0.4 is 0 Å². The zero-order valence-corrected chi connectivity index (χ0v) is 13.9. The van der Waals surface area contributed by atoms with Gasteiger partial charge >= 0.3 is 0 Å². The molecule has 2 unspecified atom stereocenters. The van der Waals surface area contributed by atoms with Gasteiger partial charge < -0.3 is 4.74 Å². The van der Waals surface area contributed by atoms with Crippen molar-refractivity contribution >= 4 is 17.5 Å². The number of methoxy groups -OCH3 is 1. The van der Waals surface area contributed by atoms with Crippen molar-refractivity contribution in [2.75, 3.05) is 7.11 Å². The molecular weight excluding hydrogens is 356 g/mol. The molecule has 0 bridgehead atoms. The first-order chi connectivity index (χ1) is 11.9. The molecule has 1 heterocycles. The van der Waals surface area contributed by atoms with Gasteiger partial charge in [0.2, 0.25) is 0 Å². The van der Waals surface area contributed by atoms with Crippen molar-refractivity contribution in [2.45, 2.75) is 29.1 Å². The van der Waals surface area contributed by atoms with E-state index in [4.69, 9.17) is 4.74 Å². The van der Waals surface area contributed by atoms with Crippen LogP contribution in [0.1, 0.15) is 46.0 Å². The molecule has 0 saturated heterocycles. The summed E-state index contributed by atoms with van der Waals surface area (Å²) in [5, 5.41) is -0.708. The van der Waals surface area contributed by atoms with Crippen LogP contribution in [0.3, 0.4) is 0 Å². The fourth-order valence-electron chi connectivity index (χ4n) is 2.87. The molecule has 0 radical (unpaired) electrons. The second-order valence-corrected chi connectivity index (χ2v) is 6.77. The number of benzene rings is 2. The van der Waals surface area contributed by atoms with Crippen LogP contribution in [0.4, 0.5) is 17.6 Å². The van der Waals surface area contributed by atoms with Gasteiger partial charge in [-0.05, 0) is 29.8 Å². The summed E-state index contributed by atoms with van der Waals surface area (Å²) in [6, 6.07) is 10.0. The van der Waals surface area contributed by atoms with E-state index in [1.807, 2.05) is 0 Å². The highest BCUT2D eigenvalue weighted by atomic mass is 32.2. The van der Waals surface area contributed by atoms with Gasteiger partial charge in [-0.15, -0.1) is 11.8 Å². The molecule has 0 amide bonds. The lowest BCUT2D eigenvalue weighted by Crippen LogP contribution is -2.23. The molecule has 2 aromatic rings. The van der Waals surface area contributed by atoms with Crippen molar-refractivity contribution < 1.29 is 27.1 Å². The molecule has 0 N–H and O–H groups in total. The van der Waals surface area contributed by atoms with Gasteiger partial charge in [0.15, 0.2) is 5.78 Å². The first-order valence-electron chi connectivity index (χ1n) is 7.46. The third-order valence-electron chi connectivity index (χ3n) is 4.03. The Balaban J connectivity index is 2.01. The van der Waals surface area contributed by atoms with Crippen LogP contribution in [0.5, 0.6) is 0 Å². The smallest absolute Gasteiger partial charge is 0.263 e. The van der Waals surface area contributed by atoms with Crippen molar-refractivity contribution in [1.29, 1.82) is 0 Å². The van der Waals surface area contributed by atoms with Crippen molar-refractivity contribution in [3.63, 3.8) is 0 Å². The van der Waals surface area contributed by atoms with E-state index < -0.39 is 35.3 Å². The van der Waals surface area contributed by atoms with E-state index in [-0.39, 0.29) is 11.3 Å². The number of halogens is 4. The Morgan fingerprint density at radius 1 is 0.960 bits per heavy atom. The Hall–Kier alpha value is -1.86. The topological polar surface area (TPSA) is 26.3 Å². The highest BCUT2D eigenvalue weighted by molar-refractivity contribution is 8.01. The van der Waals surface area contributed by atoms with Gasteiger partial charge in [0.25, 0.3) is 12.9 Å². The first kappa shape index (κ1) is 17.9. The molecule has 2 atom stereocenters. The van der Waals surface area contributed by atoms with Crippen LogP contribution in [0, 0.1) is 0 Å². The standard InChI is InChI=1S/C18H14F4O2S/c1-24-15(16-14(23)12-4-2-3-5-13(12)25-16)9-6-10(17(19)20)8-11(7-9)18(21)22/h2-8,15-18H,1H3. The molecule has 0 aromatic heterocycles. The van der Waals surface area contributed by atoms with Crippen LogP contribution in [0.2, 0.25) is 0 Å². The number of fused-ring (bicyclic) bond motifs is 1. The lowest BCUT2D eigenvalue weighted by atomic mass is 9.96. The van der Waals surface area contributed by atoms with Crippen LogP contribution in [0.25, 0.3) is 0 Å². The minimum atomic E-state index is -2.89. The summed E-state index contributed by atoms with van der Waals surface area (Å²) < 4.78 is 57.6. The fraction of sp³-hybridized carbons (Fsp3) is 0.278. The zero-order chi connectivity index (χ0) is 18.1. The summed E-state index contributed by atoms with van der Waals surface area (Å²) in [5.41, 5.74) is -0.349. The van der Waals surface area contributed by atoms with E-state index in [1.165, 1.54) is 18.9 Å². The monoisotopic (exact) mass is 370 g/mol. The summed E-state index contributed by atoms with van der Waals surface area (Å²) in [6.07, 6.45) is -6.68. The summed E-state index contributed by atoms with van der Waals surface area (Å²) in [7, 11) is 1.33. The van der Waals surface area contributed by atoms with E-state index in [1.54, 1.807) is 24.3 Å². The lowest BCUT2D eigenvalue weighted by Gasteiger charge is -2.22. The molecule has 7 heteroatoms. The average molecular weight is 370 g/mol. The van der Waals surface area contributed by atoms with Gasteiger partial charge in [-0.1, -0.05) is 18.2 Å².